The van der Waals surface area contributed by atoms with E-state index in [0.717, 1.165) is 31.5 Å². The number of sulfonamides is 1. The number of likely N-dealkylation sites (tertiary alicyclic amines) is 1. The number of nitrogens with zero attached hydrogens (tertiary/aromatic N) is 1. The molecule has 2 aromatic carbocycles. The second-order valence-electron chi connectivity index (χ2n) is 6.00. The Balaban J connectivity index is 1.68. The number of halogens is 1. The van der Waals surface area contributed by atoms with Gasteiger partial charge in [-0.25, -0.2) is 8.42 Å². The number of carbonyl (C=O) groups excluding carboxylic acids is 1. The highest BCUT2D eigenvalue weighted by molar-refractivity contribution is 9.10. The lowest BCUT2D eigenvalue weighted by molar-refractivity contribution is -0.129. The van der Waals surface area contributed by atoms with Crippen LogP contribution in [0.2, 0.25) is 0 Å². The molecule has 0 atom stereocenters. The predicted molar refractivity (Wildman–Crippen MR) is 101 cm³/mol. The van der Waals surface area contributed by atoms with Crippen molar-refractivity contribution in [3.05, 3.63) is 58.6 Å². The van der Waals surface area contributed by atoms with E-state index in [0.29, 0.717) is 16.6 Å². The van der Waals surface area contributed by atoms with E-state index >= 15 is 0 Å². The number of hydrogen-bond donors (Lipinski definition) is 1. The van der Waals surface area contributed by atoms with Crippen LogP contribution in [0.25, 0.3) is 0 Å². The van der Waals surface area contributed by atoms with Gasteiger partial charge in [0, 0.05) is 23.2 Å². The van der Waals surface area contributed by atoms with Crippen LogP contribution >= 0.6 is 15.9 Å². The number of amides is 1. The van der Waals surface area contributed by atoms with Gasteiger partial charge in [-0.2, -0.15) is 0 Å². The first kappa shape index (κ1) is 17.9. The molecule has 1 heterocycles. The zero-order chi connectivity index (χ0) is 17.9. The molecule has 3 rings (SSSR count). The SMILES string of the molecule is O=C(Cc1ccc(NS(=O)(=O)c2ccccc2Br)cc1)N1CCCC1. The summed E-state index contributed by atoms with van der Waals surface area (Å²) in [5.41, 5.74) is 1.34. The minimum atomic E-state index is -3.67. The molecule has 0 saturated carbocycles. The third kappa shape index (κ3) is 4.41. The molecule has 5 nitrogen and oxygen atoms in total. The van der Waals surface area contributed by atoms with Gasteiger partial charge in [-0.1, -0.05) is 24.3 Å². The Hall–Kier alpha value is -1.86. The van der Waals surface area contributed by atoms with Crippen molar-refractivity contribution in [2.24, 2.45) is 0 Å². The molecule has 132 valence electrons. The molecule has 0 spiro atoms. The van der Waals surface area contributed by atoms with E-state index < -0.39 is 10.0 Å². The summed E-state index contributed by atoms with van der Waals surface area (Å²) in [6.07, 6.45) is 2.49. The molecule has 0 aromatic heterocycles. The van der Waals surface area contributed by atoms with Crippen molar-refractivity contribution < 1.29 is 13.2 Å². The van der Waals surface area contributed by atoms with Crippen LogP contribution in [0, 0.1) is 0 Å². The Kier molecular flexibility index (Phi) is 5.44. The van der Waals surface area contributed by atoms with Crippen molar-refractivity contribution in [3.8, 4) is 0 Å². The number of rotatable bonds is 5. The van der Waals surface area contributed by atoms with Gasteiger partial charge in [-0.3, -0.25) is 9.52 Å². The average molecular weight is 423 g/mol. The molecular formula is C18H19BrN2O3S. The highest BCUT2D eigenvalue weighted by Crippen LogP contribution is 2.24. The molecule has 1 N–H and O–H groups in total. The lowest BCUT2D eigenvalue weighted by Crippen LogP contribution is -2.29. The van der Waals surface area contributed by atoms with Gasteiger partial charge in [0.15, 0.2) is 0 Å². The molecule has 1 amide bonds. The Bertz CT molecular complexity index is 860. The van der Waals surface area contributed by atoms with E-state index in [2.05, 4.69) is 20.7 Å². The smallest absolute Gasteiger partial charge is 0.263 e. The minimum Gasteiger partial charge on any atom is -0.342 e. The molecule has 7 heteroatoms. The maximum atomic E-state index is 12.5. The number of carbonyl (C=O) groups is 1. The van der Waals surface area contributed by atoms with Gasteiger partial charge in [-0.05, 0) is 58.6 Å². The van der Waals surface area contributed by atoms with Gasteiger partial charge >= 0.3 is 0 Å². The van der Waals surface area contributed by atoms with E-state index in [1.807, 2.05) is 4.90 Å². The first-order valence-corrected chi connectivity index (χ1v) is 10.4. The first-order valence-electron chi connectivity index (χ1n) is 8.10. The molecule has 1 aliphatic rings. The van der Waals surface area contributed by atoms with E-state index in [-0.39, 0.29) is 10.8 Å². The number of nitrogens with one attached hydrogen (secondary N) is 1. The molecule has 0 radical (unpaired) electrons. The van der Waals surface area contributed by atoms with Gasteiger partial charge in [0.25, 0.3) is 10.0 Å². The van der Waals surface area contributed by atoms with E-state index in [1.165, 1.54) is 6.07 Å². The van der Waals surface area contributed by atoms with Crippen LogP contribution in [-0.2, 0) is 21.2 Å². The highest BCUT2D eigenvalue weighted by atomic mass is 79.9. The molecule has 0 unspecified atom stereocenters. The van der Waals surface area contributed by atoms with Crippen molar-refractivity contribution >= 4 is 37.5 Å². The molecule has 2 aromatic rings. The summed E-state index contributed by atoms with van der Waals surface area (Å²) in [5.74, 6) is 0.124. The fourth-order valence-corrected chi connectivity index (χ4v) is 4.88. The lowest BCUT2D eigenvalue weighted by Gasteiger charge is -2.15. The Morgan fingerprint density at radius 3 is 2.32 bits per heavy atom. The predicted octanol–water partition coefficient (Wildman–Crippen LogP) is 3.41. The number of benzene rings is 2. The molecular weight excluding hydrogens is 404 g/mol. The summed E-state index contributed by atoms with van der Waals surface area (Å²) in [6.45, 7) is 1.67. The van der Waals surface area contributed by atoms with E-state index in [4.69, 9.17) is 0 Å². The van der Waals surface area contributed by atoms with E-state index in [1.54, 1.807) is 42.5 Å². The van der Waals surface area contributed by atoms with Crippen LogP contribution in [0.3, 0.4) is 0 Å². The van der Waals surface area contributed by atoms with Crippen molar-refractivity contribution in [2.45, 2.75) is 24.2 Å². The average Bonchev–Trinajstić information content (AvgIpc) is 3.11. The molecule has 25 heavy (non-hydrogen) atoms. The quantitative estimate of drug-likeness (QED) is 0.802. The second kappa shape index (κ2) is 7.58. The summed E-state index contributed by atoms with van der Waals surface area (Å²) in [6, 6.07) is 13.6. The maximum Gasteiger partial charge on any atom is 0.263 e. The largest absolute Gasteiger partial charge is 0.342 e. The van der Waals surface area contributed by atoms with Gasteiger partial charge < -0.3 is 4.90 Å². The summed E-state index contributed by atoms with van der Waals surface area (Å²) in [7, 11) is -3.67. The second-order valence-corrected chi connectivity index (χ2v) is 8.50. The van der Waals surface area contributed by atoms with Crippen molar-refractivity contribution in [3.63, 3.8) is 0 Å². The standard InChI is InChI=1S/C18H19BrN2O3S/c19-16-5-1-2-6-17(16)25(23,24)20-15-9-7-14(8-10-15)13-18(22)21-11-3-4-12-21/h1-2,5-10,20H,3-4,11-13H2. The van der Waals surface area contributed by atoms with Crippen molar-refractivity contribution in [2.75, 3.05) is 17.8 Å². The summed E-state index contributed by atoms with van der Waals surface area (Å²) < 4.78 is 28.0. The van der Waals surface area contributed by atoms with Crippen LogP contribution in [0.5, 0.6) is 0 Å². The van der Waals surface area contributed by atoms with Crippen molar-refractivity contribution in [1.82, 2.24) is 4.90 Å². The summed E-state index contributed by atoms with van der Waals surface area (Å²) in [4.78, 5) is 14.2. The van der Waals surface area contributed by atoms with Gasteiger partial charge in [0.05, 0.1) is 6.42 Å². The normalized spacial score (nSPS) is 14.5. The van der Waals surface area contributed by atoms with Gasteiger partial charge in [0.2, 0.25) is 5.91 Å². The summed E-state index contributed by atoms with van der Waals surface area (Å²) in [5, 5.41) is 0. The molecule has 1 fully saturated rings. The summed E-state index contributed by atoms with van der Waals surface area (Å²) >= 11 is 3.26. The Morgan fingerprint density at radius 2 is 1.68 bits per heavy atom. The minimum absolute atomic E-state index is 0.124. The third-order valence-electron chi connectivity index (χ3n) is 4.15. The monoisotopic (exact) mass is 422 g/mol. The van der Waals surface area contributed by atoms with Gasteiger partial charge in [0.1, 0.15) is 4.90 Å². The van der Waals surface area contributed by atoms with E-state index in [9.17, 15) is 13.2 Å². The number of hydrogen-bond acceptors (Lipinski definition) is 3. The lowest BCUT2D eigenvalue weighted by atomic mass is 10.1. The zero-order valence-corrected chi connectivity index (χ0v) is 16.0. The molecule has 0 aliphatic carbocycles. The number of anilines is 1. The third-order valence-corrected chi connectivity index (χ3v) is 6.54. The van der Waals surface area contributed by atoms with Crippen LogP contribution in [0.15, 0.2) is 57.9 Å². The fourth-order valence-electron chi connectivity index (χ4n) is 2.82. The van der Waals surface area contributed by atoms with Crippen molar-refractivity contribution in [1.29, 1.82) is 0 Å². The first-order chi connectivity index (χ1) is 12.0. The van der Waals surface area contributed by atoms with Gasteiger partial charge in [-0.15, -0.1) is 0 Å². The molecule has 0 bridgehead atoms. The molecule has 1 aliphatic heterocycles. The topological polar surface area (TPSA) is 66.5 Å². The Labute approximate surface area is 156 Å². The van der Waals surface area contributed by atoms with Crippen LogP contribution in [-0.4, -0.2) is 32.3 Å². The van der Waals surface area contributed by atoms with Crippen LogP contribution in [0.1, 0.15) is 18.4 Å². The maximum absolute atomic E-state index is 12.5. The van der Waals surface area contributed by atoms with Crippen LogP contribution in [0.4, 0.5) is 5.69 Å². The Morgan fingerprint density at radius 1 is 1.04 bits per heavy atom. The van der Waals surface area contributed by atoms with Crippen LogP contribution < -0.4 is 4.72 Å². The highest BCUT2D eigenvalue weighted by Gasteiger charge is 2.19. The zero-order valence-electron chi connectivity index (χ0n) is 13.6. The fraction of sp³-hybridized carbons (Fsp3) is 0.278. The molecule has 1 saturated heterocycles.